The van der Waals surface area contributed by atoms with Crippen molar-refractivity contribution >= 4 is 23.4 Å². The summed E-state index contributed by atoms with van der Waals surface area (Å²) in [7, 11) is 0. The van der Waals surface area contributed by atoms with Crippen molar-refractivity contribution in [1.82, 2.24) is 10.2 Å². The largest absolute Gasteiger partial charge is 0.378 e. The maximum atomic E-state index is 13.8. The Hall–Kier alpha value is -3.19. The molecule has 0 radical (unpaired) electrons. The monoisotopic (exact) mass is 407 g/mol. The fourth-order valence-corrected chi connectivity index (χ4v) is 4.24. The lowest BCUT2D eigenvalue weighted by molar-refractivity contribution is -0.141. The Kier molecular flexibility index (Phi) is 5.55. The minimum atomic E-state index is -1.41. The average Bonchev–Trinajstić information content (AvgIpc) is 2.97. The average molecular weight is 407 g/mol. The SMILES string of the molecule is CC(=O)NC1(CC(=O)N2CCOCC2)C(=O)N(Cc2ccccc2)c2ccccc21. The summed E-state index contributed by atoms with van der Waals surface area (Å²) in [6.45, 7) is 3.66. The molecule has 0 aromatic heterocycles. The van der Waals surface area contributed by atoms with Crippen molar-refractivity contribution in [1.29, 1.82) is 0 Å². The molecule has 2 aromatic carbocycles. The Morgan fingerprint density at radius 2 is 1.70 bits per heavy atom. The third kappa shape index (κ3) is 3.68. The maximum absolute atomic E-state index is 13.8. The Labute approximate surface area is 175 Å². The molecule has 30 heavy (non-hydrogen) atoms. The Morgan fingerprint density at radius 3 is 2.40 bits per heavy atom. The van der Waals surface area contributed by atoms with Crippen LogP contribution in [0.4, 0.5) is 5.69 Å². The summed E-state index contributed by atoms with van der Waals surface area (Å²) in [6, 6.07) is 17.0. The number of morpholine rings is 1. The first-order chi connectivity index (χ1) is 14.5. The number of rotatable bonds is 5. The van der Waals surface area contributed by atoms with Gasteiger partial charge in [0.25, 0.3) is 5.91 Å². The number of hydrogen-bond donors (Lipinski definition) is 1. The zero-order chi connectivity index (χ0) is 21.1. The summed E-state index contributed by atoms with van der Waals surface area (Å²) in [6.07, 6.45) is -0.117. The minimum Gasteiger partial charge on any atom is -0.378 e. The lowest BCUT2D eigenvalue weighted by atomic mass is 9.87. The van der Waals surface area contributed by atoms with Gasteiger partial charge < -0.3 is 19.9 Å². The van der Waals surface area contributed by atoms with Crippen LogP contribution < -0.4 is 10.2 Å². The second-order valence-corrected chi connectivity index (χ2v) is 7.65. The number of para-hydroxylation sites is 1. The number of benzene rings is 2. The third-order valence-electron chi connectivity index (χ3n) is 5.62. The molecule has 1 atom stereocenters. The van der Waals surface area contributed by atoms with Gasteiger partial charge in [0.15, 0.2) is 5.54 Å². The highest BCUT2D eigenvalue weighted by Gasteiger charge is 2.53. The molecule has 156 valence electrons. The van der Waals surface area contributed by atoms with Gasteiger partial charge in [0.05, 0.1) is 31.9 Å². The molecule has 2 aliphatic heterocycles. The highest BCUT2D eigenvalue weighted by atomic mass is 16.5. The quantitative estimate of drug-likeness (QED) is 0.820. The Bertz CT molecular complexity index is 956. The molecule has 7 nitrogen and oxygen atoms in total. The van der Waals surface area contributed by atoms with Gasteiger partial charge in [-0.1, -0.05) is 48.5 Å². The predicted octanol–water partition coefficient (Wildman–Crippen LogP) is 1.81. The topological polar surface area (TPSA) is 79.0 Å². The molecule has 2 heterocycles. The number of hydrogen-bond acceptors (Lipinski definition) is 4. The number of nitrogens with one attached hydrogen (secondary N) is 1. The van der Waals surface area contributed by atoms with Crippen molar-refractivity contribution in [2.24, 2.45) is 0 Å². The van der Waals surface area contributed by atoms with Crippen molar-refractivity contribution in [3.8, 4) is 0 Å². The minimum absolute atomic E-state index is 0.117. The van der Waals surface area contributed by atoms with Crippen molar-refractivity contribution in [3.05, 3.63) is 65.7 Å². The van der Waals surface area contributed by atoms with E-state index in [2.05, 4.69) is 5.32 Å². The van der Waals surface area contributed by atoms with Crippen LogP contribution in [0.25, 0.3) is 0 Å². The van der Waals surface area contributed by atoms with Gasteiger partial charge in [-0.05, 0) is 11.6 Å². The Morgan fingerprint density at radius 1 is 1.03 bits per heavy atom. The summed E-state index contributed by atoms with van der Waals surface area (Å²) in [4.78, 5) is 42.4. The molecule has 0 spiro atoms. The molecule has 3 amide bonds. The normalized spacial score (nSPS) is 20.8. The van der Waals surface area contributed by atoms with E-state index in [1.165, 1.54) is 6.92 Å². The van der Waals surface area contributed by atoms with Crippen molar-refractivity contribution in [2.75, 3.05) is 31.2 Å². The van der Waals surface area contributed by atoms with Gasteiger partial charge in [-0.15, -0.1) is 0 Å². The molecular weight excluding hydrogens is 382 g/mol. The van der Waals surface area contributed by atoms with E-state index >= 15 is 0 Å². The summed E-state index contributed by atoms with van der Waals surface area (Å²) in [5, 5.41) is 2.84. The van der Waals surface area contributed by atoms with E-state index in [0.29, 0.717) is 38.4 Å². The first kappa shape index (κ1) is 20.1. The molecule has 2 aromatic rings. The standard InChI is InChI=1S/C23H25N3O4/c1-17(27)24-23(15-21(28)25-11-13-30-14-12-25)19-9-5-6-10-20(19)26(22(23)29)16-18-7-3-2-4-8-18/h2-10H,11-16H2,1H3,(H,24,27). The highest BCUT2D eigenvalue weighted by Crippen LogP contribution is 2.43. The molecule has 2 aliphatic rings. The van der Waals surface area contributed by atoms with Crippen LogP contribution in [0, 0.1) is 0 Å². The van der Waals surface area contributed by atoms with Gasteiger partial charge in [-0.2, -0.15) is 0 Å². The molecule has 0 aliphatic carbocycles. The van der Waals surface area contributed by atoms with E-state index in [-0.39, 0.29) is 24.1 Å². The lowest BCUT2D eigenvalue weighted by Gasteiger charge is -2.33. The first-order valence-corrected chi connectivity index (χ1v) is 10.1. The fourth-order valence-electron chi connectivity index (χ4n) is 4.24. The highest BCUT2D eigenvalue weighted by molar-refractivity contribution is 6.11. The number of carbonyl (C=O) groups excluding carboxylic acids is 3. The van der Waals surface area contributed by atoms with Crippen LogP contribution >= 0.6 is 0 Å². The second kappa shape index (κ2) is 8.28. The van der Waals surface area contributed by atoms with Crippen LogP contribution in [-0.2, 0) is 31.2 Å². The van der Waals surface area contributed by atoms with Gasteiger partial charge in [0.1, 0.15) is 0 Å². The van der Waals surface area contributed by atoms with Crippen LogP contribution in [0.15, 0.2) is 54.6 Å². The molecule has 7 heteroatoms. The van der Waals surface area contributed by atoms with Gasteiger partial charge in [-0.25, -0.2) is 0 Å². The summed E-state index contributed by atoms with van der Waals surface area (Å²) >= 11 is 0. The van der Waals surface area contributed by atoms with E-state index in [1.54, 1.807) is 9.80 Å². The summed E-state index contributed by atoms with van der Waals surface area (Å²) in [5.74, 6) is -0.810. The molecule has 1 unspecified atom stereocenters. The number of nitrogens with zero attached hydrogens (tertiary/aromatic N) is 2. The number of amides is 3. The zero-order valence-corrected chi connectivity index (χ0v) is 17.0. The Balaban J connectivity index is 1.72. The van der Waals surface area contributed by atoms with E-state index in [9.17, 15) is 14.4 Å². The lowest BCUT2D eigenvalue weighted by Crippen LogP contribution is -2.55. The maximum Gasteiger partial charge on any atom is 0.258 e. The number of anilines is 1. The van der Waals surface area contributed by atoms with Gasteiger partial charge in [0.2, 0.25) is 11.8 Å². The molecule has 0 bridgehead atoms. The zero-order valence-electron chi connectivity index (χ0n) is 17.0. The van der Waals surface area contributed by atoms with Crippen molar-refractivity contribution in [2.45, 2.75) is 25.4 Å². The van der Waals surface area contributed by atoms with E-state index < -0.39 is 5.54 Å². The molecule has 0 saturated carbocycles. The van der Waals surface area contributed by atoms with Crippen molar-refractivity contribution in [3.63, 3.8) is 0 Å². The van der Waals surface area contributed by atoms with Gasteiger partial charge in [0, 0.05) is 25.6 Å². The van der Waals surface area contributed by atoms with Crippen LogP contribution in [0.3, 0.4) is 0 Å². The van der Waals surface area contributed by atoms with Gasteiger partial charge >= 0.3 is 0 Å². The van der Waals surface area contributed by atoms with Crippen molar-refractivity contribution < 1.29 is 19.1 Å². The van der Waals surface area contributed by atoms with Crippen LogP contribution in [0.5, 0.6) is 0 Å². The molecule has 4 rings (SSSR count). The predicted molar refractivity (Wildman–Crippen MR) is 112 cm³/mol. The summed E-state index contributed by atoms with van der Waals surface area (Å²) < 4.78 is 5.33. The first-order valence-electron chi connectivity index (χ1n) is 10.1. The van der Waals surface area contributed by atoms with Crippen LogP contribution in [-0.4, -0.2) is 48.9 Å². The van der Waals surface area contributed by atoms with E-state index in [4.69, 9.17) is 4.74 Å². The molecule has 1 fully saturated rings. The number of carbonyl (C=O) groups is 3. The smallest absolute Gasteiger partial charge is 0.258 e. The summed E-state index contributed by atoms with van der Waals surface area (Å²) in [5.41, 5.74) is 0.934. The molecule has 1 saturated heterocycles. The fraction of sp³-hybridized carbons (Fsp3) is 0.348. The van der Waals surface area contributed by atoms with E-state index in [1.807, 2.05) is 54.6 Å². The van der Waals surface area contributed by atoms with Crippen LogP contribution in [0.1, 0.15) is 24.5 Å². The molecule has 1 N–H and O–H groups in total. The molecular formula is C23H25N3O4. The number of ether oxygens (including phenoxy) is 1. The van der Waals surface area contributed by atoms with Crippen LogP contribution in [0.2, 0.25) is 0 Å². The third-order valence-corrected chi connectivity index (χ3v) is 5.62. The van der Waals surface area contributed by atoms with Gasteiger partial charge in [-0.3, -0.25) is 14.4 Å². The second-order valence-electron chi connectivity index (χ2n) is 7.65. The number of fused-ring (bicyclic) bond motifs is 1. The van der Waals surface area contributed by atoms with E-state index in [0.717, 1.165) is 11.3 Å².